The van der Waals surface area contributed by atoms with Gasteiger partial charge in [0.2, 0.25) is 0 Å². The first-order chi connectivity index (χ1) is 8.63. The van der Waals surface area contributed by atoms with E-state index in [1.807, 2.05) is 6.07 Å². The van der Waals surface area contributed by atoms with Gasteiger partial charge in [0.25, 0.3) is 0 Å². The zero-order chi connectivity index (χ0) is 13.4. The fourth-order valence-corrected chi connectivity index (χ4v) is 1.07. The van der Waals surface area contributed by atoms with Gasteiger partial charge in [0.1, 0.15) is 5.75 Å². The van der Waals surface area contributed by atoms with Crippen LogP contribution >= 0.6 is 0 Å². The van der Waals surface area contributed by atoms with Gasteiger partial charge in [-0.3, -0.25) is 0 Å². The zero-order valence-electron chi connectivity index (χ0n) is 9.37. The molecule has 0 heterocycles. The van der Waals surface area contributed by atoms with Crippen LogP contribution in [0.25, 0.3) is 0 Å². The first-order valence-electron chi connectivity index (χ1n) is 5.07. The standard InChI is InChI=1S/C10H11BN2O5/c12-6-1-7-13-18-10(14)8-2-4-9(5-3-8)17-11(15)16/h2-5,13,15-16H,1,7H2. The zero-order valence-corrected chi connectivity index (χ0v) is 9.37. The summed E-state index contributed by atoms with van der Waals surface area (Å²) >= 11 is 0. The van der Waals surface area contributed by atoms with Gasteiger partial charge < -0.3 is 19.5 Å². The summed E-state index contributed by atoms with van der Waals surface area (Å²) in [6, 6.07) is 7.49. The van der Waals surface area contributed by atoms with Gasteiger partial charge in [-0.2, -0.15) is 10.7 Å². The number of hydrogen-bond acceptors (Lipinski definition) is 7. The third kappa shape index (κ3) is 4.84. The number of nitrogens with zero attached hydrogens (tertiary/aromatic N) is 1. The molecule has 0 aliphatic heterocycles. The molecule has 0 amide bonds. The Morgan fingerprint density at radius 2 is 2.06 bits per heavy atom. The highest BCUT2D eigenvalue weighted by Crippen LogP contribution is 2.12. The molecule has 0 unspecified atom stereocenters. The van der Waals surface area contributed by atoms with Gasteiger partial charge in [-0.05, 0) is 24.3 Å². The summed E-state index contributed by atoms with van der Waals surface area (Å²) in [6.45, 7) is 0.250. The Labute approximate surface area is 104 Å². The molecule has 0 spiro atoms. The van der Waals surface area contributed by atoms with E-state index in [1.54, 1.807) is 0 Å². The van der Waals surface area contributed by atoms with Crippen LogP contribution in [0.1, 0.15) is 16.8 Å². The molecular formula is C10H11BN2O5. The van der Waals surface area contributed by atoms with Crippen LogP contribution in [0, 0.1) is 11.3 Å². The van der Waals surface area contributed by atoms with Gasteiger partial charge in [0, 0.05) is 6.54 Å². The van der Waals surface area contributed by atoms with E-state index >= 15 is 0 Å². The molecule has 94 valence electrons. The SMILES string of the molecule is N#CCCNOC(=O)c1ccc(OB(O)O)cc1. The lowest BCUT2D eigenvalue weighted by Gasteiger charge is -2.06. The molecule has 0 aliphatic rings. The van der Waals surface area contributed by atoms with Crippen LogP contribution in [0.15, 0.2) is 24.3 Å². The summed E-state index contributed by atoms with van der Waals surface area (Å²) in [7, 11) is -1.91. The van der Waals surface area contributed by atoms with Crippen molar-refractivity contribution in [2.24, 2.45) is 0 Å². The monoisotopic (exact) mass is 250 g/mol. The van der Waals surface area contributed by atoms with Crippen molar-refractivity contribution in [1.82, 2.24) is 5.48 Å². The predicted octanol–water partition coefficient (Wildman–Crippen LogP) is -0.390. The fraction of sp³-hybridized carbons (Fsp3) is 0.200. The number of hydroxylamine groups is 1. The number of nitrogens with one attached hydrogen (secondary N) is 1. The molecule has 1 aromatic carbocycles. The molecule has 0 atom stereocenters. The van der Waals surface area contributed by atoms with Crippen molar-refractivity contribution >= 4 is 13.3 Å². The summed E-state index contributed by atoms with van der Waals surface area (Å²) in [5.41, 5.74) is 2.61. The Kier molecular flexibility index (Phi) is 5.66. The average Bonchev–Trinajstić information content (AvgIpc) is 2.34. The third-order valence-electron chi connectivity index (χ3n) is 1.84. The molecule has 8 heteroatoms. The van der Waals surface area contributed by atoms with E-state index in [0.29, 0.717) is 0 Å². The quantitative estimate of drug-likeness (QED) is 0.358. The van der Waals surface area contributed by atoms with Crippen LogP contribution in [-0.4, -0.2) is 29.9 Å². The molecule has 0 radical (unpaired) electrons. The van der Waals surface area contributed by atoms with Crippen molar-refractivity contribution in [3.8, 4) is 11.8 Å². The number of nitriles is 1. The van der Waals surface area contributed by atoms with E-state index in [-0.39, 0.29) is 24.3 Å². The summed E-state index contributed by atoms with van der Waals surface area (Å²) in [5, 5.41) is 25.4. The number of carbonyl (C=O) groups is 1. The minimum Gasteiger partial charge on any atom is -0.512 e. The number of rotatable bonds is 6. The summed E-state index contributed by atoms with van der Waals surface area (Å²) in [5.74, 6) is -0.400. The highest BCUT2D eigenvalue weighted by atomic mass is 16.7. The predicted molar refractivity (Wildman–Crippen MR) is 60.9 cm³/mol. The number of hydrogen-bond donors (Lipinski definition) is 3. The lowest BCUT2D eigenvalue weighted by atomic mass is 10.2. The molecule has 0 fully saturated rings. The highest BCUT2D eigenvalue weighted by molar-refractivity contribution is 6.33. The van der Waals surface area contributed by atoms with Gasteiger partial charge in [-0.25, -0.2) is 4.79 Å². The first kappa shape index (κ1) is 14.0. The highest BCUT2D eigenvalue weighted by Gasteiger charge is 2.12. The summed E-state index contributed by atoms with van der Waals surface area (Å²) in [4.78, 5) is 16.1. The lowest BCUT2D eigenvalue weighted by molar-refractivity contribution is 0.0259. The molecule has 7 nitrogen and oxygen atoms in total. The molecule has 0 aromatic heterocycles. The van der Waals surface area contributed by atoms with Crippen molar-refractivity contribution in [2.75, 3.05) is 6.54 Å². The van der Waals surface area contributed by atoms with Gasteiger partial charge >= 0.3 is 13.3 Å². The van der Waals surface area contributed by atoms with E-state index in [4.69, 9.17) is 15.3 Å². The average molecular weight is 250 g/mol. The fourth-order valence-electron chi connectivity index (χ4n) is 1.07. The number of carbonyl (C=O) groups excluding carboxylic acids is 1. The molecule has 0 saturated heterocycles. The third-order valence-corrected chi connectivity index (χ3v) is 1.84. The van der Waals surface area contributed by atoms with Crippen molar-refractivity contribution < 1.29 is 24.3 Å². The van der Waals surface area contributed by atoms with E-state index in [1.165, 1.54) is 24.3 Å². The first-order valence-corrected chi connectivity index (χ1v) is 5.07. The molecule has 0 saturated carbocycles. The van der Waals surface area contributed by atoms with Crippen LogP contribution in [0.2, 0.25) is 0 Å². The maximum absolute atomic E-state index is 11.4. The smallest absolute Gasteiger partial charge is 0.512 e. The maximum atomic E-state index is 11.4. The van der Waals surface area contributed by atoms with Crippen LogP contribution < -0.4 is 10.1 Å². The molecule has 0 bridgehead atoms. The maximum Gasteiger partial charge on any atom is 0.707 e. The minimum absolute atomic E-state index is 0.207. The van der Waals surface area contributed by atoms with Gasteiger partial charge in [0.15, 0.2) is 0 Å². The van der Waals surface area contributed by atoms with Crippen molar-refractivity contribution in [3.05, 3.63) is 29.8 Å². The van der Waals surface area contributed by atoms with Crippen LogP contribution in [0.5, 0.6) is 5.75 Å². The molecular weight excluding hydrogens is 239 g/mol. The Morgan fingerprint density at radius 3 is 2.61 bits per heavy atom. The Morgan fingerprint density at radius 1 is 1.39 bits per heavy atom. The van der Waals surface area contributed by atoms with E-state index in [0.717, 1.165) is 0 Å². The molecule has 1 aromatic rings. The van der Waals surface area contributed by atoms with Gasteiger partial charge in [-0.1, -0.05) is 0 Å². The van der Waals surface area contributed by atoms with Crippen LogP contribution in [0.4, 0.5) is 0 Å². The topological polar surface area (TPSA) is 112 Å². The second-order valence-corrected chi connectivity index (χ2v) is 3.16. The second kappa shape index (κ2) is 7.29. The van der Waals surface area contributed by atoms with Crippen LogP contribution in [-0.2, 0) is 4.84 Å². The Balaban J connectivity index is 2.46. The van der Waals surface area contributed by atoms with Crippen molar-refractivity contribution in [3.63, 3.8) is 0 Å². The molecule has 0 aliphatic carbocycles. The van der Waals surface area contributed by atoms with Gasteiger partial charge in [0.05, 0.1) is 18.1 Å². The summed E-state index contributed by atoms with van der Waals surface area (Å²) in [6.07, 6.45) is 0.231. The Hall–Kier alpha value is -2.08. The molecule has 18 heavy (non-hydrogen) atoms. The largest absolute Gasteiger partial charge is 0.707 e. The minimum atomic E-state index is -1.91. The summed E-state index contributed by atoms with van der Waals surface area (Å²) < 4.78 is 4.57. The van der Waals surface area contributed by atoms with Crippen molar-refractivity contribution in [2.45, 2.75) is 6.42 Å². The lowest BCUT2D eigenvalue weighted by Crippen LogP contribution is -2.21. The second-order valence-electron chi connectivity index (χ2n) is 3.16. The van der Waals surface area contributed by atoms with E-state index < -0.39 is 13.3 Å². The van der Waals surface area contributed by atoms with Crippen molar-refractivity contribution in [1.29, 1.82) is 5.26 Å². The van der Waals surface area contributed by atoms with E-state index in [2.05, 4.69) is 15.0 Å². The number of benzene rings is 1. The molecule has 1 rings (SSSR count). The van der Waals surface area contributed by atoms with Gasteiger partial charge in [-0.15, -0.1) is 0 Å². The molecule has 3 N–H and O–H groups in total. The normalized spacial score (nSPS) is 9.39. The Bertz CT molecular complexity index is 429. The van der Waals surface area contributed by atoms with Crippen LogP contribution in [0.3, 0.4) is 0 Å². The van der Waals surface area contributed by atoms with E-state index in [9.17, 15) is 4.79 Å².